The van der Waals surface area contributed by atoms with Crippen LogP contribution in [0.4, 0.5) is 10.3 Å². The minimum absolute atomic E-state index is 0.0182. The highest BCUT2D eigenvalue weighted by atomic mass is 19.1. The smallest absolute Gasteiger partial charge is 0.227 e. The highest BCUT2D eigenvalue weighted by Crippen LogP contribution is 2.36. The van der Waals surface area contributed by atoms with E-state index in [4.69, 9.17) is 0 Å². The van der Waals surface area contributed by atoms with Gasteiger partial charge in [0.1, 0.15) is 5.82 Å². The van der Waals surface area contributed by atoms with E-state index in [1.54, 1.807) is 24.5 Å². The second-order valence-corrected chi connectivity index (χ2v) is 7.39. The second-order valence-electron chi connectivity index (χ2n) is 7.39. The van der Waals surface area contributed by atoms with E-state index in [1.165, 1.54) is 12.1 Å². The molecule has 3 heterocycles. The SMILES string of the molecule is CN(C)c1nccc(-c2cn[nH]c2[C@H]2CCCN2C(=O)Cc2cccc(F)c2)n1. The summed E-state index contributed by atoms with van der Waals surface area (Å²) in [7, 11) is 3.78. The number of nitrogens with zero attached hydrogens (tertiary/aromatic N) is 5. The lowest BCUT2D eigenvalue weighted by atomic mass is 10.0. The van der Waals surface area contributed by atoms with Gasteiger partial charge in [0.25, 0.3) is 0 Å². The number of hydrogen-bond acceptors (Lipinski definition) is 5. The van der Waals surface area contributed by atoms with Crippen LogP contribution in [-0.4, -0.2) is 51.6 Å². The molecule has 1 N–H and O–H groups in total. The van der Waals surface area contributed by atoms with Crippen molar-refractivity contribution in [3.63, 3.8) is 0 Å². The molecule has 1 aliphatic rings. The molecule has 0 saturated carbocycles. The maximum Gasteiger partial charge on any atom is 0.227 e. The van der Waals surface area contributed by atoms with E-state index in [9.17, 15) is 9.18 Å². The Kier molecular flexibility index (Phi) is 5.24. The molecule has 1 atom stereocenters. The zero-order valence-corrected chi connectivity index (χ0v) is 16.5. The van der Waals surface area contributed by atoms with Crippen LogP contribution in [0, 0.1) is 5.82 Å². The summed E-state index contributed by atoms with van der Waals surface area (Å²) in [6.45, 7) is 0.671. The van der Waals surface area contributed by atoms with Crippen LogP contribution in [0.3, 0.4) is 0 Å². The van der Waals surface area contributed by atoms with Crippen molar-refractivity contribution < 1.29 is 9.18 Å². The molecule has 29 heavy (non-hydrogen) atoms. The fourth-order valence-corrected chi connectivity index (χ4v) is 3.76. The van der Waals surface area contributed by atoms with Gasteiger partial charge in [0.05, 0.1) is 30.0 Å². The van der Waals surface area contributed by atoms with Crippen molar-refractivity contribution in [2.45, 2.75) is 25.3 Å². The standard InChI is InChI=1S/C21H23FN6O/c1-27(2)21-23-9-8-17(25-21)16-13-24-26-20(16)18-7-4-10-28(18)19(29)12-14-5-3-6-15(22)11-14/h3,5-6,8-9,11,13,18H,4,7,10,12H2,1-2H3,(H,24,26)/t18-/m1/s1. The highest BCUT2D eigenvalue weighted by Gasteiger charge is 2.33. The lowest BCUT2D eigenvalue weighted by Crippen LogP contribution is -2.32. The topological polar surface area (TPSA) is 78.0 Å². The summed E-state index contributed by atoms with van der Waals surface area (Å²) in [6.07, 6.45) is 5.39. The molecule has 7 nitrogen and oxygen atoms in total. The van der Waals surface area contributed by atoms with Gasteiger partial charge in [0, 0.05) is 32.4 Å². The van der Waals surface area contributed by atoms with E-state index in [2.05, 4.69) is 20.2 Å². The van der Waals surface area contributed by atoms with Gasteiger partial charge in [-0.2, -0.15) is 5.10 Å². The Labute approximate surface area is 168 Å². The molecule has 0 radical (unpaired) electrons. The zero-order chi connectivity index (χ0) is 20.4. The van der Waals surface area contributed by atoms with Gasteiger partial charge < -0.3 is 9.80 Å². The first-order chi connectivity index (χ1) is 14.0. The minimum Gasteiger partial charge on any atom is -0.347 e. The summed E-state index contributed by atoms with van der Waals surface area (Å²) < 4.78 is 13.5. The summed E-state index contributed by atoms with van der Waals surface area (Å²) in [5.74, 6) is 0.264. The molecule has 0 unspecified atom stereocenters. The number of hydrogen-bond donors (Lipinski definition) is 1. The number of nitrogens with one attached hydrogen (secondary N) is 1. The number of likely N-dealkylation sites (tertiary alicyclic amines) is 1. The fraction of sp³-hybridized carbons (Fsp3) is 0.333. The molecule has 3 aromatic rings. The average Bonchev–Trinajstić information content (AvgIpc) is 3.37. The first kappa shape index (κ1) is 19.0. The monoisotopic (exact) mass is 394 g/mol. The predicted octanol–water partition coefficient (Wildman–Crippen LogP) is 2.98. The molecule has 0 spiro atoms. The number of carbonyl (C=O) groups is 1. The Hall–Kier alpha value is -3.29. The third kappa shape index (κ3) is 3.96. The number of carbonyl (C=O) groups excluding carboxylic acids is 1. The average molecular weight is 394 g/mol. The quantitative estimate of drug-likeness (QED) is 0.720. The van der Waals surface area contributed by atoms with E-state index in [-0.39, 0.29) is 24.2 Å². The number of aromatic amines is 1. The molecule has 8 heteroatoms. The number of aromatic nitrogens is 4. The van der Waals surface area contributed by atoms with Gasteiger partial charge in [0.15, 0.2) is 0 Å². The predicted molar refractivity (Wildman–Crippen MR) is 108 cm³/mol. The van der Waals surface area contributed by atoms with Crippen LogP contribution in [0.1, 0.15) is 30.1 Å². The van der Waals surface area contributed by atoms with E-state index < -0.39 is 0 Å². The third-order valence-electron chi connectivity index (χ3n) is 5.14. The van der Waals surface area contributed by atoms with E-state index >= 15 is 0 Å². The Morgan fingerprint density at radius 3 is 3.00 bits per heavy atom. The van der Waals surface area contributed by atoms with E-state index in [0.29, 0.717) is 18.1 Å². The van der Waals surface area contributed by atoms with Crippen LogP contribution in [0.15, 0.2) is 42.7 Å². The Morgan fingerprint density at radius 2 is 2.21 bits per heavy atom. The Balaban J connectivity index is 1.59. The maximum absolute atomic E-state index is 13.5. The molecule has 1 amide bonds. The van der Waals surface area contributed by atoms with Crippen molar-refractivity contribution >= 4 is 11.9 Å². The van der Waals surface area contributed by atoms with Crippen molar-refractivity contribution in [1.29, 1.82) is 0 Å². The molecule has 0 bridgehead atoms. The number of rotatable bonds is 5. The summed E-state index contributed by atoms with van der Waals surface area (Å²) in [5, 5.41) is 7.30. The van der Waals surface area contributed by atoms with Crippen molar-refractivity contribution in [2.24, 2.45) is 0 Å². The molecular weight excluding hydrogens is 371 g/mol. The number of benzene rings is 1. The first-order valence-electron chi connectivity index (χ1n) is 9.61. The van der Waals surface area contributed by atoms with Crippen molar-refractivity contribution in [3.05, 3.63) is 59.8 Å². The van der Waals surface area contributed by atoms with Crippen molar-refractivity contribution in [3.8, 4) is 11.3 Å². The van der Waals surface area contributed by atoms with Gasteiger partial charge in [0.2, 0.25) is 11.9 Å². The normalized spacial score (nSPS) is 16.2. The molecule has 1 saturated heterocycles. The Bertz CT molecular complexity index is 1020. The molecule has 2 aromatic heterocycles. The van der Waals surface area contributed by atoms with E-state index in [0.717, 1.165) is 29.8 Å². The fourth-order valence-electron chi connectivity index (χ4n) is 3.76. The lowest BCUT2D eigenvalue weighted by Gasteiger charge is -2.25. The molecule has 4 rings (SSSR count). The van der Waals surface area contributed by atoms with Crippen LogP contribution in [0.5, 0.6) is 0 Å². The molecular formula is C21H23FN6O. The van der Waals surface area contributed by atoms with Gasteiger partial charge in [-0.1, -0.05) is 12.1 Å². The largest absolute Gasteiger partial charge is 0.347 e. The molecule has 150 valence electrons. The summed E-state index contributed by atoms with van der Waals surface area (Å²) in [5.41, 5.74) is 3.18. The van der Waals surface area contributed by atoms with Gasteiger partial charge in [-0.05, 0) is 36.6 Å². The van der Waals surface area contributed by atoms with Gasteiger partial charge in [-0.15, -0.1) is 0 Å². The summed E-state index contributed by atoms with van der Waals surface area (Å²) in [6, 6.07) is 7.93. The third-order valence-corrected chi connectivity index (χ3v) is 5.14. The number of anilines is 1. The molecule has 1 aliphatic heterocycles. The summed E-state index contributed by atoms with van der Waals surface area (Å²) in [4.78, 5) is 25.5. The van der Waals surface area contributed by atoms with Crippen molar-refractivity contribution in [1.82, 2.24) is 25.1 Å². The van der Waals surface area contributed by atoms with Gasteiger partial charge >= 0.3 is 0 Å². The molecule has 1 aromatic carbocycles. The zero-order valence-electron chi connectivity index (χ0n) is 16.5. The van der Waals surface area contributed by atoms with Crippen LogP contribution in [-0.2, 0) is 11.2 Å². The lowest BCUT2D eigenvalue weighted by molar-refractivity contribution is -0.131. The number of amides is 1. The molecule has 0 aliphatic carbocycles. The minimum atomic E-state index is -0.329. The Morgan fingerprint density at radius 1 is 1.34 bits per heavy atom. The molecule has 1 fully saturated rings. The number of halogens is 1. The second kappa shape index (κ2) is 7.98. The van der Waals surface area contributed by atoms with Crippen LogP contribution < -0.4 is 4.90 Å². The summed E-state index contributed by atoms with van der Waals surface area (Å²) >= 11 is 0. The van der Waals surface area contributed by atoms with Gasteiger partial charge in [-0.25, -0.2) is 14.4 Å². The first-order valence-corrected chi connectivity index (χ1v) is 9.61. The van der Waals surface area contributed by atoms with Crippen LogP contribution in [0.2, 0.25) is 0 Å². The van der Waals surface area contributed by atoms with Crippen molar-refractivity contribution in [2.75, 3.05) is 25.5 Å². The van der Waals surface area contributed by atoms with Crippen LogP contribution in [0.25, 0.3) is 11.3 Å². The van der Waals surface area contributed by atoms with Gasteiger partial charge in [-0.3, -0.25) is 9.89 Å². The van der Waals surface area contributed by atoms with Crippen LogP contribution >= 0.6 is 0 Å². The van der Waals surface area contributed by atoms with E-state index in [1.807, 2.05) is 30.0 Å². The highest BCUT2D eigenvalue weighted by molar-refractivity contribution is 5.80. The number of H-pyrrole nitrogens is 1. The maximum atomic E-state index is 13.5.